The third-order valence-corrected chi connectivity index (χ3v) is 6.92. The van der Waals surface area contributed by atoms with Crippen LogP contribution in [0.5, 0.6) is 0 Å². The summed E-state index contributed by atoms with van der Waals surface area (Å²) < 4.78 is 64.7. The van der Waals surface area contributed by atoms with Crippen molar-refractivity contribution in [1.82, 2.24) is 0 Å². The fourth-order valence-electron chi connectivity index (χ4n) is 2.64. The van der Waals surface area contributed by atoms with Gasteiger partial charge in [0.2, 0.25) is 0 Å². The van der Waals surface area contributed by atoms with Crippen LogP contribution in [0.25, 0.3) is 10.4 Å². The zero-order valence-corrected chi connectivity index (χ0v) is 14.0. The predicted octanol–water partition coefficient (Wildman–Crippen LogP) is 3.84. The molecule has 1 aromatic heterocycles. The molecule has 9 heteroatoms. The minimum absolute atomic E-state index is 0.0228. The summed E-state index contributed by atoms with van der Waals surface area (Å²) in [6.45, 7) is 0. The molecule has 0 saturated carbocycles. The van der Waals surface area contributed by atoms with Gasteiger partial charge in [0.25, 0.3) is 5.92 Å². The largest absolute Gasteiger partial charge is 0.382 e. The molecular formula is C14H10ClF3O3S2. The van der Waals surface area contributed by atoms with E-state index in [0.717, 1.165) is 29.7 Å². The normalized spacial score (nSPS) is 19.8. The second-order valence-corrected chi connectivity index (χ2v) is 9.05. The van der Waals surface area contributed by atoms with Crippen molar-refractivity contribution in [2.75, 3.05) is 6.26 Å². The molecule has 0 spiro atoms. The van der Waals surface area contributed by atoms with Gasteiger partial charge < -0.3 is 5.11 Å². The molecule has 0 aliphatic heterocycles. The number of benzene rings is 1. The van der Waals surface area contributed by atoms with Gasteiger partial charge in [-0.05, 0) is 29.3 Å². The number of hydrogen-bond acceptors (Lipinski definition) is 4. The maximum absolute atomic E-state index is 13.8. The van der Waals surface area contributed by atoms with Crippen molar-refractivity contribution < 1.29 is 26.7 Å². The second-order valence-electron chi connectivity index (χ2n) is 5.38. The first kappa shape index (κ1) is 16.8. The fourth-order valence-corrected chi connectivity index (χ4v) is 5.43. The summed E-state index contributed by atoms with van der Waals surface area (Å²) in [6, 6.07) is 3.51. The molecule has 2 aromatic rings. The molecule has 3 nitrogen and oxygen atoms in total. The summed E-state index contributed by atoms with van der Waals surface area (Å²) in [5.41, 5.74) is -0.0662. The van der Waals surface area contributed by atoms with Gasteiger partial charge in [0, 0.05) is 28.1 Å². The van der Waals surface area contributed by atoms with Crippen LogP contribution in [0.2, 0.25) is 5.02 Å². The van der Waals surface area contributed by atoms with Crippen LogP contribution in [0, 0.1) is 5.82 Å². The molecule has 1 atom stereocenters. The zero-order valence-electron chi connectivity index (χ0n) is 11.6. The number of aliphatic hydroxyl groups excluding tert-OH is 1. The quantitative estimate of drug-likeness (QED) is 0.858. The summed E-state index contributed by atoms with van der Waals surface area (Å²) in [7, 11) is -3.82. The van der Waals surface area contributed by atoms with E-state index in [9.17, 15) is 26.7 Å². The Kier molecular flexibility index (Phi) is 3.79. The molecule has 1 heterocycles. The lowest BCUT2D eigenvalue weighted by molar-refractivity contribution is -0.0975. The van der Waals surface area contributed by atoms with E-state index in [2.05, 4.69) is 0 Å². The Bertz CT molecular complexity index is 886. The first-order valence-corrected chi connectivity index (χ1v) is 9.47. The van der Waals surface area contributed by atoms with Crippen LogP contribution in [-0.2, 0) is 16.3 Å². The number of halogens is 4. The minimum atomic E-state index is -3.82. The van der Waals surface area contributed by atoms with Crippen LogP contribution < -0.4 is 0 Å². The molecule has 1 aliphatic rings. The maximum Gasteiger partial charge on any atom is 0.281 e. The van der Waals surface area contributed by atoms with Gasteiger partial charge in [-0.1, -0.05) is 11.6 Å². The molecule has 0 radical (unpaired) electrons. The lowest BCUT2D eigenvalue weighted by Gasteiger charge is -2.14. The Hall–Kier alpha value is -1.09. The Morgan fingerprint density at radius 2 is 2.00 bits per heavy atom. The molecule has 0 fully saturated rings. The molecule has 0 amide bonds. The zero-order chi connectivity index (χ0) is 17.2. The van der Waals surface area contributed by atoms with E-state index < -0.39 is 34.1 Å². The highest BCUT2D eigenvalue weighted by Gasteiger charge is 2.51. The summed E-state index contributed by atoms with van der Waals surface area (Å²) in [4.78, 5) is 0.179. The van der Waals surface area contributed by atoms with Crippen molar-refractivity contribution in [3.63, 3.8) is 0 Å². The molecule has 23 heavy (non-hydrogen) atoms. The Morgan fingerprint density at radius 3 is 2.57 bits per heavy atom. The van der Waals surface area contributed by atoms with Crippen molar-refractivity contribution in [2.24, 2.45) is 0 Å². The van der Waals surface area contributed by atoms with E-state index in [0.29, 0.717) is 0 Å². The number of thiophene rings is 1. The molecule has 1 N–H and O–H groups in total. The van der Waals surface area contributed by atoms with Gasteiger partial charge in [-0.15, -0.1) is 11.3 Å². The van der Waals surface area contributed by atoms with Crippen LogP contribution in [0.1, 0.15) is 17.2 Å². The summed E-state index contributed by atoms with van der Waals surface area (Å²) in [5, 5.41) is 9.88. The van der Waals surface area contributed by atoms with E-state index in [1.165, 1.54) is 6.07 Å². The van der Waals surface area contributed by atoms with Crippen molar-refractivity contribution in [2.45, 2.75) is 22.7 Å². The lowest BCUT2D eigenvalue weighted by atomic mass is 10.1. The van der Waals surface area contributed by atoms with E-state index in [1.807, 2.05) is 0 Å². The van der Waals surface area contributed by atoms with Crippen molar-refractivity contribution in [3.05, 3.63) is 40.2 Å². The Balaban J connectivity index is 2.31. The van der Waals surface area contributed by atoms with Gasteiger partial charge in [-0.2, -0.15) is 0 Å². The highest BCUT2D eigenvalue weighted by molar-refractivity contribution is 7.92. The van der Waals surface area contributed by atoms with Gasteiger partial charge in [-0.25, -0.2) is 21.6 Å². The van der Waals surface area contributed by atoms with Gasteiger partial charge in [0.1, 0.15) is 16.1 Å². The molecule has 124 valence electrons. The highest BCUT2D eigenvalue weighted by Crippen LogP contribution is 2.53. The monoisotopic (exact) mass is 382 g/mol. The van der Waals surface area contributed by atoms with E-state index in [4.69, 9.17) is 11.6 Å². The van der Waals surface area contributed by atoms with Crippen LogP contribution in [-0.4, -0.2) is 25.7 Å². The van der Waals surface area contributed by atoms with E-state index in [1.54, 1.807) is 0 Å². The lowest BCUT2D eigenvalue weighted by Crippen LogP contribution is -2.22. The smallest absolute Gasteiger partial charge is 0.281 e. The van der Waals surface area contributed by atoms with Crippen molar-refractivity contribution in [1.29, 1.82) is 0 Å². The molecule has 1 aliphatic carbocycles. The van der Waals surface area contributed by atoms with Crippen LogP contribution in [0.4, 0.5) is 13.2 Å². The fraction of sp³-hybridized carbons (Fsp3) is 0.286. The number of alkyl halides is 2. The summed E-state index contributed by atoms with van der Waals surface area (Å²) in [6.07, 6.45) is -2.12. The van der Waals surface area contributed by atoms with Crippen molar-refractivity contribution >= 4 is 32.8 Å². The third kappa shape index (κ3) is 2.77. The Morgan fingerprint density at radius 1 is 1.35 bits per heavy atom. The maximum atomic E-state index is 13.8. The van der Waals surface area contributed by atoms with Gasteiger partial charge in [0.05, 0.1) is 0 Å². The number of aliphatic hydroxyl groups is 1. The molecular weight excluding hydrogens is 373 g/mol. The molecule has 1 aromatic carbocycles. The number of rotatable bonds is 2. The molecule has 0 saturated heterocycles. The standard InChI is InChI=1S/C14H10ClF3O3S2/c1-23(20,21)13-10-9(5-14(17,18)12(10)19)11(22-13)6-2-7(15)4-8(16)3-6/h2-4,12,19H,5H2,1H3/t12-/m1/s1. The molecule has 0 unspecified atom stereocenters. The minimum Gasteiger partial charge on any atom is -0.382 e. The van der Waals surface area contributed by atoms with E-state index >= 15 is 0 Å². The van der Waals surface area contributed by atoms with Gasteiger partial charge in [0.15, 0.2) is 9.84 Å². The first-order valence-electron chi connectivity index (χ1n) is 6.38. The number of hydrogen-bond donors (Lipinski definition) is 1. The SMILES string of the molecule is CS(=O)(=O)c1sc(-c2cc(F)cc(Cl)c2)c2c1[C@@H](O)C(F)(F)C2. The predicted molar refractivity (Wildman–Crippen MR) is 81.4 cm³/mol. The molecule has 3 rings (SSSR count). The Labute approximate surface area is 139 Å². The van der Waals surface area contributed by atoms with E-state index in [-0.39, 0.29) is 30.8 Å². The number of fused-ring (bicyclic) bond motifs is 1. The van der Waals surface area contributed by atoms with Gasteiger partial charge in [-0.3, -0.25) is 0 Å². The van der Waals surface area contributed by atoms with Crippen LogP contribution in [0.15, 0.2) is 22.4 Å². The highest BCUT2D eigenvalue weighted by atomic mass is 35.5. The average molecular weight is 383 g/mol. The topological polar surface area (TPSA) is 54.4 Å². The molecule has 0 bridgehead atoms. The van der Waals surface area contributed by atoms with Crippen molar-refractivity contribution in [3.8, 4) is 10.4 Å². The number of sulfone groups is 1. The van der Waals surface area contributed by atoms with Crippen LogP contribution >= 0.6 is 22.9 Å². The van der Waals surface area contributed by atoms with Gasteiger partial charge >= 0.3 is 0 Å². The first-order chi connectivity index (χ1) is 10.5. The second kappa shape index (κ2) is 5.20. The summed E-state index contributed by atoms with van der Waals surface area (Å²) >= 11 is 6.52. The third-order valence-electron chi connectivity index (χ3n) is 3.56. The van der Waals surface area contributed by atoms with Crippen LogP contribution in [0.3, 0.4) is 0 Å². The summed E-state index contributed by atoms with van der Waals surface area (Å²) in [5.74, 6) is -4.13. The average Bonchev–Trinajstić information content (AvgIpc) is 2.84.